The van der Waals surface area contributed by atoms with Crippen molar-refractivity contribution in [3.8, 4) is 0 Å². The first-order valence-corrected chi connectivity index (χ1v) is 12.4. The van der Waals surface area contributed by atoms with Gasteiger partial charge >= 0.3 is 0 Å². The van der Waals surface area contributed by atoms with Crippen LogP contribution in [0, 0.1) is 23.2 Å². The van der Waals surface area contributed by atoms with Crippen LogP contribution in [0.2, 0.25) is 0 Å². The molecule has 7 rings (SSSR count). The van der Waals surface area contributed by atoms with Crippen molar-refractivity contribution in [2.24, 2.45) is 23.2 Å². The number of carbonyl (C=O) groups is 2. The average molecular weight is 423 g/mol. The first kappa shape index (κ1) is 19.8. The van der Waals surface area contributed by atoms with Crippen LogP contribution in [0.3, 0.4) is 0 Å². The molecule has 1 aromatic rings. The largest absolute Gasteiger partial charge is 0.376 e. The second-order valence-corrected chi connectivity index (χ2v) is 11.1. The van der Waals surface area contributed by atoms with Crippen LogP contribution < -0.4 is 5.32 Å². The Morgan fingerprint density at radius 2 is 1.87 bits per heavy atom. The topological polar surface area (TPSA) is 58.6 Å². The molecule has 1 unspecified atom stereocenters. The summed E-state index contributed by atoms with van der Waals surface area (Å²) in [5.74, 6) is 2.79. The fourth-order valence-electron chi connectivity index (χ4n) is 7.94. The quantitative estimate of drug-likeness (QED) is 0.765. The third kappa shape index (κ3) is 3.69. The Morgan fingerprint density at radius 1 is 1.13 bits per heavy atom. The number of fused-ring (bicyclic) bond motifs is 1. The van der Waals surface area contributed by atoms with Crippen molar-refractivity contribution in [3.63, 3.8) is 0 Å². The van der Waals surface area contributed by atoms with Gasteiger partial charge < -0.3 is 15.0 Å². The molecule has 6 aliphatic rings. The Hall–Kier alpha value is -1.88. The zero-order chi connectivity index (χ0) is 21.0. The lowest BCUT2D eigenvalue weighted by Crippen LogP contribution is -2.47. The number of hydrogen-bond acceptors (Lipinski definition) is 3. The minimum absolute atomic E-state index is 0.0777. The van der Waals surface area contributed by atoms with Gasteiger partial charge in [0.1, 0.15) is 0 Å². The normalized spacial score (nSPS) is 36.0. The summed E-state index contributed by atoms with van der Waals surface area (Å²) in [4.78, 5) is 28.2. The van der Waals surface area contributed by atoms with E-state index < -0.39 is 0 Å². The summed E-state index contributed by atoms with van der Waals surface area (Å²) in [6.07, 6.45) is 11.7. The Bertz CT molecular complexity index is 853. The highest BCUT2D eigenvalue weighted by molar-refractivity contribution is 6.00. The monoisotopic (exact) mass is 422 g/mol. The van der Waals surface area contributed by atoms with E-state index in [1.165, 1.54) is 38.5 Å². The maximum atomic E-state index is 13.1. The Morgan fingerprint density at radius 3 is 2.55 bits per heavy atom. The van der Waals surface area contributed by atoms with Crippen molar-refractivity contribution < 1.29 is 14.3 Å². The Labute approximate surface area is 184 Å². The minimum Gasteiger partial charge on any atom is -0.376 e. The molecule has 166 valence electrons. The highest BCUT2D eigenvalue weighted by atomic mass is 16.5. The summed E-state index contributed by atoms with van der Waals surface area (Å²) in [5.41, 5.74) is 2.84. The van der Waals surface area contributed by atoms with Gasteiger partial charge in [-0.2, -0.15) is 0 Å². The Balaban J connectivity index is 1.15. The van der Waals surface area contributed by atoms with Gasteiger partial charge in [-0.1, -0.05) is 6.07 Å². The molecule has 2 heterocycles. The van der Waals surface area contributed by atoms with E-state index in [0.29, 0.717) is 19.5 Å². The predicted molar refractivity (Wildman–Crippen MR) is 119 cm³/mol. The molecule has 5 heteroatoms. The van der Waals surface area contributed by atoms with Crippen LogP contribution in [-0.4, -0.2) is 42.5 Å². The van der Waals surface area contributed by atoms with Crippen molar-refractivity contribution in [3.05, 3.63) is 29.3 Å². The smallest absolute Gasteiger partial charge is 0.254 e. The zero-order valence-corrected chi connectivity index (χ0v) is 18.4. The van der Waals surface area contributed by atoms with E-state index in [4.69, 9.17) is 4.74 Å². The van der Waals surface area contributed by atoms with Gasteiger partial charge in [0, 0.05) is 37.4 Å². The lowest BCUT2D eigenvalue weighted by molar-refractivity contribution is -0.124. The molecule has 31 heavy (non-hydrogen) atoms. The number of amides is 2. The zero-order valence-electron chi connectivity index (χ0n) is 18.4. The van der Waals surface area contributed by atoms with E-state index in [0.717, 1.165) is 60.4 Å². The van der Waals surface area contributed by atoms with E-state index in [2.05, 4.69) is 5.32 Å². The van der Waals surface area contributed by atoms with Crippen molar-refractivity contribution in [1.29, 1.82) is 0 Å². The summed E-state index contributed by atoms with van der Waals surface area (Å²) in [6, 6.07) is 5.79. The number of carbonyl (C=O) groups excluding carboxylic acids is 2. The van der Waals surface area contributed by atoms with E-state index in [1.807, 2.05) is 23.1 Å². The number of ether oxygens (including phenoxy) is 1. The molecule has 1 atom stereocenters. The molecule has 5 fully saturated rings. The lowest BCUT2D eigenvalue weighted by atomic mass is 9.49. The molecular weight excluding hydrogens is 388 g/mol. The van der Waals surface area contributed by atoms with E-state index in [1.54, 1.807) is 0 Å². The van der Waals surface area contributed by atoms with E-state index >= 15 is 0 Å². The van der Waals surface area contributed by atoms with Gasteiger partial charge in [-0.3, -0.25) is 9.59 Å². The maximum absolute atomic E-state index is 13.1. The molecule has 1 saturated heterocycles. The summed E-state index contributed by atoms with van der Waals surface area (Å²) in [7, 11) is 0. The van der Waals surface area contributed by atoms with Gasteiger partial charge in [0.2, 0.25) is 5.91 Å². The summed E-state index contributed by atoms with van der Waals surface area (Å²) in [6.45, 7) is 2.19. The summed E-state index contributed by atoms with van der Waals surface area (Å²) >= 11 is 0. The molecule has 4 aliphatic carbocycles. The number of anilines is 1. The van der Waals surface area contributed by atoms with E-state index in [-0.39, 0.29) is 23.3 Å². The van der Waals surface area contributed by atoms with Crippen molar-refractivity contribution in [1.82, 2.24) is 4.90 Å². The molecule has 1 N–H and O–H groups in total. The molecule has 0 radical (unpaired) electrons. The van der Waals surface area contributed by atoms with Crippen LogP contribution in [0.25, 0.3) is 0 Å². The van der Waals surface area contributed by atoms with Gasteiger partial charge in [0.25, 0.3) is 5.91 Å². The standard InChI is InChI=1S/C26H34N2O3/c29-24(15-26-12-17-9-18(13-26)11-19(10-17)14-26)27-23-5-1-4-22-21(23)6-7-28(25(22)30)16-20-3-2-8-31-20/h1,4-5,17-20H,2-3,6-16H2,(H,27,29). The van der Waals surface area contributed by atoms with Crippen LogP contribution in [0.15, 0.2) is 18.2 Å². The molecule has 2 aliphatic heterocycles. The molecule has 1 aromatic carbocycles. The van der Waals surface area contributed by atoms with Crippen LogP contribution >= 0.6 is 0 Å². The predicted octanol–water partition coefficient (Wildman–Crippen LogP) is 4.41. The van der Waals surface area contributed by atoms with Crippen LogP contribution in [0.4, 0.5) is 5.69 Å². The second kappa shape index (κ2) is 7.61. The fraction of sp³-hybridized carbons (Fsp3) is 0.692. The third-order valence-corrected chi connectivity index (χ3v) is 8.75. The van der Waals surface area contributed by atoms with Gasteiger partial charge in [-0.15, -0.1) is 0 Å². The molecule has 0 aromatic heterocycles. The number of nitrogens with one attached hydrogen (secondary N) is 1. The minimum atomic E-state index is 0.0777. The van der Waals surface area contributed by atoms with E-state index in [9.17, 15) is 9.59 Å². The van der Waals surface area contributed by atoms with Crippen LogP contribution in [-0.2, 0) is 16.0 Å². The highest BCUT2D eigenvalue weighted by Crippen LogP contribution is 2.61. The summed E-state index contributed by atoms with van der Waals surface area (Å²) < 4.78 is 5.73. The first-order chi connectivity index (χ1) is 15.1. The number of nitrogens with zero attached hydrogens (tertiary/aromatic N) is 1. The van der Waals surface area contributed by atoms with Gasteiger partial charge in [-0.05, 0) is 98.7 Å². The van der Waals surface area contributed by atoms with Crippen molar-refractivity contribution in [2.45, 2.75) is 70.3 Å². The van der Waals surface area contributed by atoms with Crippen molar-refractivity contribution >= 4 is 17.5 Å². The highest BCUT2D eigenvalue weighted by Gasteiger charge is 2.51. The maximum Gasteiger partial charge on any atom is 0.254 e. The number of hydrogen-bond donors (Lipinski definition) is 1. The molecule has 4 bridgehead atoms. The van der Waals surface area contributed by atoms with Gasteiger partial charge in [0.05, 0.1) is 6.10 Å². The first-order valence-electron chi connectivity index (χ1n) is 12.4. The van der Waals surface area contributed by atoms with Crippen LogP contribution in [0.5, 0.6) is 0 Å². The van der Waals surface area contributed by atoms with Crippen LogP contribution in [0.1, 0.15) is 73.7 Å². The molecular formula is C26H34N2O3. The SMILES string of the molecule is O=C(CC12CC3CC(CC(C3)C1)C2)Nc1cccc2c1CCN(CC1CCCO1)C2=O. The van der Waals surface area contributed by atoms with Crippen molar-refractivity contribution in [2.75, 3.05) is 25.0 Å². The van der Waals surface area contributed by atoms with Gasteiger partial charge in [-0.25, -0.2) is 0 Å². The van der Waals surface area contributed by atoms with Gasteiger partial charge in [0.15, 0.2) is 0 Å². The number of benzene rings is 1. The molecule has 4 saturated carbocycles. The average Bonchev–Trinajstić information content (AvgIpc) is 3.22. The fourth-order valence-corrected chi connectivity index (χ4v) is 7.94. The third-order valence-electron chi connectivity index (χ3n) is 8.75. The molecule has 5 nitrogen and oxygen atoms in total. The lowest BCUT2D eigenvalue weighted by Gasteiger charge is -2.56. The molecule has 0 spiro atoms. The molecule has 2 amide bonds. The Kier molecular flexibility index (Phi) is 4.86. The summed E-state index contributed by atoms with van der Waals surface area (Å²) in [5, 5.41) is 3.22. The number of rotatable bonds is 5. The second-order valence-electron chi connectivity index (χ2n) is 11.1.